The summed E-state index contributed by atoms with van der Waals surface area (Å²) >= 11 is 0. The van der Waals surface area contributed by atoms with Gasteiger partial charge in [0.05, 0.1) is 26.4 Å². The number of carbonyl (C=O) groups is 2. The summed E-state index contributed by atoms with van der Waals surface area (Å²) in [6, 6.07) is 13.8. The summed E-state index contributed by atoms with van der Waals surface area (Å²) in [5.74, 6) is 0.715. The average molecular weight is 490 g/mol. The van der Waals surface area contributed by atoms with Crippen molar-refractivity contribution < 1.29 is 23.8 Å². The van der Waals surface area contributed by atoms with Crippen LogP contribution in [0.25, 0.3) is 0 Å². The minimum absolute atomic E-state index is 0.0108. The monoisotopic (exact) mass is 489 g/mol. The van der Waals surface area contributed by atoms with Crippen LogP contribution in [0.15, 0.2) is 65.0 Å². The Morgan fingerprint density at radius 2 is 1.75 bits per heavy atom. The summed E-state index contributed by atoms with van der Waals surface area (Å²) in [5.41, 5.74) is 5.80. The lowest BCUT2D eigenvalue weighted by Crippen LogP contribution is -2.36. The van der Waals surface area contributed by atoms with Crippen LogP contribution in [0.2, 0.25) is 0 Å². The number of benzene rings is 2. The van der Waals surface area contributed by atoms with Gasteiger partial charge < -0.3 is 19.5 Å². The maximum Gasteiger partial charge on any atom is 0.336 e. The summed E-state index contributed by atoms with van der Waals surface area (Å²) in [5, 5.41) is 3.42. The highest BCUT2D eigenvalue weighted by Gasteiger charge is 2.42. The summed E-state index contributed by atoms with van der Waals surface area (Å²) in [6.45, 7) is 8.25. The number of dihydropyridines is 1. The van der Waals surface area contributed by atoms with Crippen LogP contribution in [0.4, 0.5) is 0 Å². The number of methoxy groups -OCH3 is 2. The van der Waals surface area contributed by atoms with Gasteiger partial charge in [0.25, 0.3) is 0 Å². The van der Waals surface area contributed by atoms with E-state index < -0.39 is 5.92 Å². The van der Waals surface area contributed by atoms with Gasteiger partial charge in [0.15, 0.2) is 17.3 Å². The van der Waals surface area contributed by atoms with Crippen LogP contribution in [-0.2, 0) is 14.3 Å². The van der Waals surface area contributed by atoms with Crippen molar-refractivity contribution in [3.63, 3.8) is 0 Å². The number of allylic oxidation sites excluding steroid dienone is 3. The Balaban J connectivity index is 1.76. The van der Waals surface area contributed by atoms with Crippen molar-refractivity contribution >= 4 is 11.8 Å². The predicted octanol–water partition coefficient (Wildman–Crippen LogP) is 5.57. The standard InChI is InChI=1S/C30H35NO5/c1-17(2)16-36-30(33)27-19(4)31-23-13-21(20-11-12-25(34-5)26(15-20)35-6)14-24(32)29(23)28(27)22-10-8-7-9-18(22)3/h7-12,15,17,21,28,31H,13-14,16H2,1-6H3. The van der Waals surface area contributed by atoms with E-state index in [1.54, 1.807) is 14.2 Å². The van der Waals surface area contributed by atoms with Crippen molar-refractivity contribution in [2.24, 2.45) is 5.92 Å². The van der Waals surface area contributed by atoms with Gasteiger partial charge in [-0.2, -0.15) is 0 Å². The van der Waals surface area contributed by atoms with E-state index in [2.05, 4.69) is 5.32 Å². The molecule has 2 atom stereocenters. The highest BCUT2D eigenvalue weighted by atomic mass is 16.5. The Labute approximate surface area is 213 Å². The molecule has 2 aromatic carbocycles. The fraction of sp³-hybridized carbons (Fsp3) is 0.400. The van der Waals surface area contributed by atoms with E-state index in [-0.39, 0.29) is 23.6 Å². The molecule has 6 heteroatoms. The second kappa shape index (κ2) is 10.6. The second-order valence-corrected chi connectivity index (χ2v) is 9.98. The van der Waals surface area contributed by atoms with E-state index in [0.717, 1.165) is 28.1 Å². The first-order chi connectivity index (χ1) is 17.2. The van der Waals surface area contributed by atoms with Gasteiger partial charge in [0, 0.05) is 29.3 Å². The molecular formula is C30H35NO5. The largest absolute Gasteiger partial charge is 0.493 e. The molecule has 0 amide bonds. The van der Waals surface area contributed by atoms with Gasteiger partial charge in [0.1, 0.15) is 0 Å². The van der Waals surface area contributed by atoms with Gasteiger partial charge >= 0.3 is 5.97 Å². The molecule has 1 aliphatic heterocycles. The van der Waals surface area contributed by atoms with Crippen molar-refractivity contribution in [1.82, 2.24) is 5.32 Å². The Kier molecular flexibility index (Phi) is 7.53. The van der Waals surface area contributed by atoms with Crippen LogP contribution in [0, 0.1) is 12.8 Å². The summed E-state index contributed by atoms with van der Waals surface area (Å²) in [7, 11) is 3.22. The predicted molar refractivity (Wildman–Crippen MR) is 139 cm³/mol. The van der Waals surface area contributed by atoms with E-state index in [0.29, 0.717) is 42.1 Å². The molecule has 2 aromatic rings. The first-order valence-electron chi connectivity index (χ1n) is 12.4. The molecule has 0 aromatic heterocycles. The van der Waals surface area contributed by atoms with Gasteiger partial charge in [-0.15, -0.1) is 0 Å². The Morgan fingerprint density at radius 3 is 2.42 bits per heavy atom. The minimum atomic E-state index is -0.457. The molecule has 0 bridgehead atoms. The molecule has 0 saturated carbocycles. The van der Waals surface area contributed by atoms with Gasteiger partial charge in [0.2, 0.25) is 0 Å². The van der Waals surface area contributed by atoms with Gasteiger partial charge in [-0.3, -0.25) is 4.79 Å². The molecule has 2 aliphatic rings. The number of ketones is 1. The molecule has 0 saturated heterocycles. The van der Waals surface area contributed by atoms with Crippen LogP contribution in [0.5, 0.6) is 11.5 Å². The molecule has 2 unspecified atom stereocenters. The van der Waals surface area contributed by atoms with Crippen LogP contribution >= 0.6 is 0 Å². The smallest absolute Gasteiger partial charge is 0.336 e. The van der Waals surface area contributed by atoms with E-state index in [1.165, 1.54) is 0 Å². The molecule has 190 valence electrons. The van der Waals surface area contributed by atoms with E-state index in [4.69, 9.17) is 14.2 Å². The fourth-order valence-corrected chi connectivity index (χ4v) is 5.19. The lowest BCUT2D eigenvalue weighted by Gasteiger charge is -2.37. The zero-order valence-corrected chi connectivity index (χ0v) is 21.9. The van der Waals surface area contributed by atoms with Gasteiger partial charge in [-0.25, -0.2) is 4.79 Å². The van der Waals surface area contributed by atoms with E-state index in [9.17, 15) is 9.59 Å². The van der Waals surface area contributed by atoms with Crippen molar-refractivity contribution in [3.05, 3.63) is 81.7 Å². The lowest BCUT2D eigenvalue weighted by molar-refractivity contribution is -0.140. The number of rotatable bonds is 7. The molecule has 1 heterocycles. The third-order valence-corrected chi connectivity index (χ3v) is 6.97. The number of nitrogens with one attached hydrogen (secondary N) is 1. The van der Waals surface area contributed by atoms with Crippen molar-refractivity contribution in [1.29, 1.82) is 0 Å². The quantitative estimate of drug-likeness (QED) is 0.513. The average Bonchev–Trinajstić information content (AvgIpc) is 2.86. The topological polar surface area (TPSA) is 73.9 Å². The normalized spacial score (nSPS) is 19.7. The Bertz CT molecular complexity index is 1240. The molecule has 0 fully saturated rings. The molecular weight excluding hydrogens is 454 g/mol. The van der Waals surface area contributed by atoms with E-state index in [1.807, 2.05) is 70.2 Å². The summed E-state index contributed by atoms with van der Waals surface area (Å²) in [4.78, 5) is 27.1. The molecule has 6 nitrogen and oxygen atoms in total. The minimum Gasteiger partial charge on any atom is -0.493 e. The molecule has 36 heavy (non-hydrogen) atoms. The number of hydrogen-bond donors (Lipinski definition) is 1. The maximum atomic E-state index is 13.8. The maximum absolute atomic E-state index is 13.8. The zero-order chi connectivity index (χ0) is 26.0. The number of carbonyl (C=O) groups excluding carboxylic acids is 2. The number of esters is 1. The zero-order valence-electron chi connectivity index (χ0n) is 21.9. The lowest BCUT2D eigenvalue weighted by atomic mass is 9.71. The summed E-state index contributed by atoms with van der Waals surface area (Å²) in [6.07, 6.45) is 1.01. The van der Waals surface area contributed by atoms with Crippen LogP contribution in [0.1, 0.15) is 62.1 Å². The van der Waals surface area contributed by atoms with Crippen molar-refractivity contribution in [2.75, 3.05) is 20.8 Å². The van der Waals surface area contributed by atoms with Crippen LogP contribution in [-0.4, -0.2) is 32.6 Å². The Morgan fingerprint density at radius 1 is 1.03 bits per heavy atom. The van der Waals surface area contributed by atoms with Gasteiger partial charge in [-0.1, -0.05) is 44.2 Å². The third kappa shape index (κ3) is 4.90. The van der Waals surface area contributed by atoms with Crippen LogP contribution in [0.3, 0.4) is 0 Å². The van der Waals surface area contributed by atoms with Crippen molar-refractivity contribution in [2.45, 2.75) is 52.4 Å². The molecule has 0 radical (unpaired) electrons. The first kappa shape index (κ1) is 25.5. The second-order valence-electron chi connectivity index (χ2n) is 9.98. The van der Waals surface area contributed by atoms with Crippen LogP contribution < -0.4 is 14.8 Å². The number of Topliss-reactive ketones (excluding diaryl/α,β-unsaturated/α-hetero) is 1. The van der Waals surface area contributed by atoms with Crippen molar-refractivity contribution in [3.8, 4) is 11.5 Å². The summed E-state index contributed by atoms with van der Waals surface area (Å²) < 4.78 is 16.5. The molecule has 1 aliphatic carbocycles. The number of hydrogen-bond acceptors (Lipinski definition) is 6. The number of aryl methyl sites for hydroxylation is 1. The SMILES string of the molecule is COc1ccc(C2CC(=O)C3=C(C2)NC(C)=C(C(=O)OCC(C)C)C3c2ccccc2C)cc1OC. The first-order valence-corrected chi connectivity index (χ1v) is 12.4. The highest BCUT2D eigenvalue weighted by Crippen LogP contribution is 2.47. The third-order valence-electron chi connectivity index (χ3n) is 6.97. The highest BCUT2D eigenvalue weighted by molar-refractivity contribution is 6.04. The molecule has 0 spiro atoms. The molecule has 1 N–H and O–H groups in total. The molecule has 4 rings (SSSR count). The fourth-order valence-electron chi connectivity index (χ4n) is 5.19. The van der Waals surface area contributed by atoms with E-state index >= 15 is 0 Å². The number of ether oxygens (including phenoxy) is 3. The Hall–Kier alpha value is -3.54. The van der Waals surface area contributed by atoms with Gasteiger partial charge in [-0.05, 0) is 60.9 Å².